The molecule has 0 atom stereocenters. The van der Waals surface area contributed by atoms with Crippen molar-refractivity contribution in [3.8, 4) is 11.5 Å². The molecule has 0 fully saturated rings. The lowest BCUT2D eigenvalue weighted by Gasteiger charge is -2.30. The molecule has 0 saturated carbocycles. The van der Waals surface area contributed by atoms with Crippen LogP contribution < -0.4 is 19.7 Å². The smallest absolute Gasteiger partial charge is 0.265 e. The van der Waals surface area contributed by atoms with Gasteiger partial charge in [0.2, 0.25) is 0 Å². The Balaban J connectivity index is 1.38. The number of carbonyl (C=O) groups excluding carboxylic acids is 2. The van der Waals surface area contributed by atoms with Gasteiger partial charge in [-0.1, -0.05) is 34.8 Å². The molecule has 4 rings (SSSR count). The third-order valence-electron chi connectivity index (χ3n) is 5.20. The first-order chi connectivity index (χ1) is 16.4. The molecule has 1 aliphatic rings. The van der Waals surface area contributed by atoms with Crippen LogP contribution in [0.15, 0.2) is 60.7 Å². The Morgan fingerprint density at radius 2 is 1.76 bits per heavy atom. The minimum absolute atomic E-state index is 0.0245. The number of rotatable bonds is 8. The van der Waals surface area contributed by atoms with Crippen molar-refractivity contribution in [2.45, 2.75) is 12.8 Å². The molecular weight excluding hydrogens is 499 g/mol. The number of nitrogens with one attached hydrogen (secondary N) is 1. The topological polar surface area (TPSA) is 67.9 Å². The SMILES string of the molecule is O=C(Nc1ccc2c(c1)N(CCCCOc1ccc(Cl)cc1)C(=O)CO2)c1ccc(Cl)c(Cl)c1. The van der Waals surface area contributed by atoms with E-state index >= 15 is 0 Å². The summed E-state index contributed by atoms with van der Waals surface area (Å²) in [6.07, 6.45) is 1.50. The van der Waals surface area contributed by atoms with Gasteiger partial charge in [-0.15, -0.1) is 0 Å². The van der Waals surface area contributed by atoms with Crippen molar-refractivity contribution in [3.05, 3.63) is 81.3 Å². The average Bonchev–Trinajstić information content (AvgIpc) is 2.83. The number of halogens is 3. The summed E-state index contributed by atoms with van der Waals surface area (Å²) < 4.78 is 11.3. The molecular formula is C25H21Cl3N2O4. The summed E-state index contributed by atoms with van der Waals surface area (Å²) in [4.78, 5) is 26.8. The molecule has 1 aliphatic heterocycles. The summed E-state index contributed by atoms with van der Waals surface area (Å²) in [6.45, 7) is 0.999. The number of fused-ring (bicyclic) bond motifs is 1. The maximum atomic E-state index is 12.6. The third kappa shape index (κ3) is 5.95. The second kappa shape index (κ2) is 11.0. The molecule has 34 heavy (non-hydrogen) atoms. The molecule has 9 heteroatoms. The molecule has 0 radical (unpaired) electrons. The quantitative estimate of drug-likeness (QED) is 0.346. The lowest BCUT2D eigenvalue weighted by atomic mass is 10.1. The van der Waals surface area contributed by atoms with Crippen molar-refractivity contribution in [3.63, 3.8) is 0 Å². The van der Waals surface area contributed by atoms with Gasteiger partial charge in [0.25, 0.3) is 11.8 Å². The summed E-state index contributed by atoms with van der Waals surface area (Å²) in [7, 11) is 0. The molecule has 1 heterocycles. The summed E-state index contributed by atoms with van der Waals surface area (Å²) in [6, 6.07) is 17.0. The van der Waals surface area contributed by atoms with Gasteiger partial charge >= 0.3 is 0 Å². The van der Waals surface area contributed by atoms with Crippen LogP contribution in [0.25, 0.3) is 0 Å². The van der Waals surface area contributed by atoms with E-state index in [1.54, 1.807) is 47.4 Å². The highest BCUT2D eigenvalue weighted by Gasteiger charge is 2.25. The zero-order valence-electron chi connectivity index (χ0n) is 18.0. The van der Waals surface area contributed by atoms with Crippen LogP contribution in [0.3, 0.4) is 0 Å². The van der Waals surface area contributed by atoms with Crippen LogP contribution >= 0.6 is 34.8 Å². The van der Waals surface area contributed by atoms with Gasteiger partial charge in [0, 0.05) is 22.8 Å². The second-order valence-electron chi connectivity index (χ2n) is 7.61. The van der Waals surface area contributed by atoms with Crippen LogP contribution in [0.4, 0.5) is 11.4 Å². The first-order valence-electron chi connectivity index (χ1n) is 10.6. The predicted octanol–water partition coefficient (Wildman–Crippen LogP) is 6.48. The number of ether oxygens (including phenoxy) is 2. The Morgan fingerprint density at radius 1 is 0.971 bits per heavy atom. The fourth-order valence-corrected chi connectivity index (χ4v) is 3.88. The van der Waals surface area contributed by atoms with Crippen molar-refractivity contribution in [1.29, 1.82) is 0 Å². The molecule has 0 aliphatic carbocycles. The maximum Gasteiger partial charge on any atom is 0.265 e. The number of hydrogen-bond donors (Lipinski definition) is 1. The second-order valence-corrected chi connectivity index (χ2v) is 8.86. The normalized spacial score (nSPS) is 12.7. The van der Waals surface area contributed by atoms with E-state index in [1.165, 1.54) is 6.07 Å². The number of benzene rings is 3. The number of unbranched alkanes of at least 4 members (excludes halogenated alkanes) is 1. The highest BCUT2D eigenvalue weighted by molar-refractivity contribution is 6.42. The molecule has 0 unspecified atom stereocenters. The van der Waals surface area contributed by atoms with Crippen molar-refractivity contribution >= 4 is 58.0 Å². The first kappa shape index (κ1) is 24.2. The van der Waals surface area contributed by atoms with Crippen LogP contribution in [-0.2, 0) is 4.79 Å². The predicted molar refractivity (Wildman–Crippen MR) is 135 cm³/mol. The molecule has 6 nitrogen and oxygen atoms in total. The van der Waals surface area contributed by atoms with E-state index < -0.39 is 0 Å². The van der Waals surface area contributed by atoms with E-state index in [0.29, 0.717) is 50.9 Å². The molecule has 1 N–H and O–H groups in total. The standard InChI is InChI=1S/C25H21Cl3N2O4/c26-17-4-7-19(8-5-17)33-12-2-1-11-30-22-14-18(6-10-23(22)34-15-24(30)31)29-25(32)16-3-9-20(27)21(28)13-16/h3-10,13-14H,1-2,11-12,15H2,(H,29,32). The van der Waals surface area contributed by atoms with Crippen molar-refractivity contribution < 1.29 is 19.1 Å². The lowest BCUT2D eigenvalue weighted by Crippen LogP contribution is -2.39. The summed E-state index contributed by atoms with van der Waals surface area (Å²) >= 11 is 17.8. The third-order valence-corrected chi connectivity index (χ3v) is 6.19. The van der Waals surface area contributed by atoms with Gasteiger partial charge < -0.3 is 19.7 Å². The molecule has 0 spiro atoms. The monoisotopic (exact) mass is 518 g/mol. The number of nitrogens with zero attached hydrogens (tertiary/aromatic N) is 1. The van der Waals surface area contributed by atoms with E-state index in [0.717, 1.165) is 18.6 Å². The highest BCUT2D eigenvalue weighted by atomic mass is 35.5. The van der Waals surface area contributed by atoms with Crippen LogP contribution in [-0.4, -0.2) is 31.6 Å². The van der Waals surface area contributed by atoms with Gasteiger partial charge in [-0.05, 0) is 73.5 Å². The van der Waals surface area contributed by atoms with E-state index in [1.807, 2.05) is 12.1 Å². The molecule has 3 aromatic carbocycles. The molecule has 0 bridgehead atoms. The zero-order chi connectivity index (χ0) is 24.1. The Bertz CT molecular complexity index is 1200. The molecule has 0 saturated heterocycles. The van der Waals surface area contributed by atoms with Crippen molar-refractivity contribution in [2.24, 2.45) is 0 Å². The van der Waals surface area contributed by atoms with Gasteiger partial charge in [-0.2, -0.15) is 0 Å². The van der Waals surface area contributed by atoms with Gasteiger partial charge in [-0.3, -0.25) is 9.59 Å². The Morgan fingerprint density at radius 3 is 2.53 bits per heavy atom. The fraction of sp³-hybridized carbons (Fsp3) is 0.200. The van der Waals surface area contributed by atoms with Gasteiger partial charge in [0.05, 0.1) is 22.3 Å². The Labute approximate surface area is 212 Å². The van der Waals surface area contributed by atoms with Gasteiger partial charge in [0.1, 0.15) is 11.5 Å². The minimum atomic E-state index is -0.340. The minimum Gasteiger partial charge on any atom is -0.494 e. The van der Waals surface area contributed by atoms with Crippen molar-refractivity contribution in [2.75, 3.05) is 30.0 Å². The number of anilines is 2. The summed E-state index contributed by atoms with van der Waals surface area (Å²) in [5.74, 6) is 0.857. The van der Waals surface area contributed by atoms with E-state index in [4.69, 9.17) is 44.3 Å². The van der Waals surface area contributed by atoms with Crippen LogP contribution in [0, 0.1) is 0 Å². The van der Waals surface area contributed by atoms with E-state index in [-0.39, 0.29) is 18.4 Å². The molecule has 0 aromatic heterocycles. The van der Waals surface area contributed by atoms with Crippen LogP contribution in [0.1, 0.15) is 23.2 Å². The molecule has 176 valence electrons. The number of amides is 2. The summed E-state index contributed by atoms with van der Waals surface area (Å²) in [5.41, 5.74) is 1.52. The van der Waals surface area contributed by atoms with Crippen LogP contribution in [0.5, 0.6) is 11.5 Å². The number of carbonyl (C=O) groups is 2. The lowest BCUT2D eigenvalue weighted by molar-refractivity contribution is -0.121. The Kier molecular flexibility index (Phi) is 7.83. The highest BCUT2D eigenvalue weighted by Crippen LogP contribution is 2.35. The van der Waals surface area contributed by atoms with E-state index in [2.05, 4.69) is 5.32 Å². The number of hydrogen-bond acceptors (Lipinski definition) is 4. The summed E-state index contributed by atoms with van der Waals surface area (Å²) in [5, 5.41) is 4.15. The fourth-order valence-electron chi connectivity index (χ4n) is 3.46. The van der Waals surface area contributed by atoms with Crippen LogP contribution in [0.2, 0.25) is 15.1 Å². The maximum absolute atomic E-state index is 12.6. The van der Waals surface area contributed by atoms with Gasteiger partial charge in [0.15, 0.2) is 6.61 Å². The van der Waals surface area contributed by atoms with E-state index in [9.17, 15) is 9.59 Å². The average molecular weight is 520 g/mol. The first-order valence-corrected chi connectivity index (χ1v) is 11.8. The zero-order valence-corrected chi connectivity index (χ0v) is 20.3. The largest absolute Gasteiger partial charge is 0.494 e. The Hall–Kier alpha value is -2.93. The molecule has 2 amide bonds. The molecule has 3 aromatic rings. The van der Waals surface area contributed by atoms with Crippen molar-refractivity contribution in [1.82, 2.24) is 0 Å². The van der Waals surface area contributed by atoms with Gasteiger partial charge in [-0.25, -0.2) is 0 Å².